The molecule has 0 unspecified atom stereocenters. The first-order valence-corrected chi connectivity index (χ1v) is 14.2. The number of anilines is 2. The Morgan fingerprint density at radius 1 is 0.838 bits per heavy atom. The minimum atomic E-state index is -1.09. The van der Waals surface area contributed by atoms with E-state index in [-0.39, 0.29) is 11.7 Å². The number of para-hydroxylation sites is 1. The Hall–Kier alpha value is -3.30. The van der Waals surface area contributed by atoms with Crippen molar-refractivity contribution in [3.05, 3.63) is 123 Å². The van der Waals surface area contributed by atoms with Gasteiger partial charge in [0.05, 0.1) is 15.5 Å². The van der Waals surface area contributed by atoms with Crippen LogP contribution >= 0.6 is 46.5 Å². The number of hydrogen-bond acceptors (Lipinski definition) is 7. The third-order valence-electron chi connectivity index (χ3n) is 5.75. The number of thiophene rings is 1. The molecule has 0 radical (unpaired) electrons. The number of benzene rings is 3. The number of halogens is 1. The second kappa shape index (κ2) is 9.87. The molecule has 3 heterocycles. The number of hydrogen-bond donors (Lipinski definition) is 0. The van der Waals surface area contributed by atoms with Gasteiger partial charge < -0.3 is 0 Å². The van der Waals surface area contributed by atoms with Gasteiger partial charge in [-0.1, -0.05) is 78.0 Å². The van der Waals surface area contributed by atoms with Crippen LogP contribution in [0.2, 0.25) is 5.02 Å². The van der Waals surface area contributed by atoms with E-state index in [9.17, 15) is 9.59 Å². The van der Waals surface area contributed by atoms with E-state index in [0.717, 1.165) is 5.56 Å². The predicted molar refractivity (Wildman–Crippen MR) is 156 cm³/mol. The highest BCUT2D eigenvalue weighted by Gasteiger charge is 2.60. The standard InChI is InChI=1S/C28H18ClN3O2S3/c29-20-13-15-22(16-14-20)32-28(37-26(30-32)25(33)23-12-7-17-35-23)31(21-10-5-2-6-11-21)27(34)24(36-28)18-19-8-3-1-4-9-19/h1-18H/b24-18+/t28-/m0/s1. The zero-order chi connectivity index (χ0) is 25.4. The molecule has 2 aliphatic heterocycles. The monoisotopic (exact) mass is 559 g/mol. The highest BCUT2D eigenvalue weighted by atomic mass is 35.5. The molecule has 1 aromatic heterocycles. The molecule has 0 aliphatic carbocycles. The second-order valence-corrected chi connectivity index (χ2v) is 12.2. The molecular formula is C28H18ClN3O2S3. The van der Waals surface area contributed by atoms with Crippen LogP contribution in [0.15, 0.2) is 112 Å². The Kier molecular flexibility index (Phi) is 6.42. The van der Waals surface area contributed by atoms with Crippen molar-refractivity contribution in [2.75, 3.05) is 9.91 Å². The number of hydrazone groups is 1. The van der Waals surface area contributed by atoms with Crippen molar-refractivity contribution < 1.29 is 9.59 Å². The second-order valence-electron chi connectivity index (χ2n) is 8.15. The maximum atomic E-state index is 14.0. The lowest BCUT2D eigenvalue weighted by atomic mass is 10.2. The molecule has 0 bridgehead atoms. The van der Waals surface area contributed by atoms with Gasteiger partial charge in [-0.2, -0.15) is 5.10 Å². The molecule has 1 atom stereocenters. The molecule has 6 rings (SSSR count). The van der Waals surface area contributed by atoms with Crippen LogP contribution in [0.1, 0.15) is 15.2 Å². The molecular weight excluding hydrogens is 542 g/mol. The summed E-state index contributed by atoms with van der Waals surface area (Å²) in [5, 5.41) is 9.35. The Balaban J connectivity index is 1.52. The fraction of sp³-hybridized carbons (Fsp3) is 0.0357. The summed E-state index contributed by atoms with van der Waals surface area (Å²) in [6.07, 6.45) is 1.89. The predicted octanol–water partition coefficient (Wildman–Crippen LogP) is 7.58. The van der Waals surface area contributed by atoms with Crippen LogP contribution in [0.25, 0.3) is 6.08 Å². The molecule has 0 N–H and O–H groups in total. The third-order valence-corrected chi connectivity index (χ3v) is 9.59. The lowest BCUT2D eigenvalue weighted by Gasteiger charge is -2.38. The van der Waals surface area contributed by atoms with Crippen molar-refractivity contribution in [2.24, 2.45) is 5.10 Å². The van der Waals surface area contributed by atoms with Crippen molar-refractivity contribution >= 4 is 80.6 Å². The first-order chi connectivity index (χ1) is 18.0. The minimum absolute atomic E-state index is 0.161. The highest BCUT2D eigenvalue weighted by molar-refractivity contribution is 8.29. The van der Waals surface area contributed by atoms with Crippen LogP contribution < -0.4 is 9.91 Å². The van der Waals surface area contributed by atoms with Gasteiger partial charge >= 0.3 is 0 Å². The van der Waals surface area contributed by atoms with E-state index >= 15 is 0 Å². The maximum absolute atomic E-state index is 14.0. The number of nitrogens with zero attached hydrogens (tertiary/aromatic N) is 3. The molecule has 1 saturated heterocycles. The van der Waals surface area contributed by atoms with E-state index in [2.05, 4.69) is 0 Å². The average molecular weight is 560 g/mol. The largest absolute Gasteiger partial charge is 0.285 e. The zero-order valence-electron chi connectivity index (χ0n) is 19.2. The van der Waals surface area contributed by atoms with Crippen molar-refractivity contribution in [3.8, 4) is 0 Å². The fourth-order valence-corrected chi connectivity index (χ4v) is 7.87. The van der Waals surface area contributed by atoms with Crippen LogP contribution in [0.3, 0.4) is 0 Å². The number of rotatable bonds is 5. The molecule has 182 valence electrons. The normalized spacial score (nSPS) is 20.2. The van der Waals surface area contributed by atoms with Crippen LogP contribution in [0.5, 0.6) is 0 Å². The van der Waals surface area contributed by atoms with E-state index in [0.29, 0.717) is 31.2 Å². The topological polar surface area (TPSA) is 53.0 Å². The summed E-state index contributed by atoms with van der Waals surface area (Å²) < 4.78 is -1.09. The SMILES string of the molecule is O=C(C1=NN(c2ccc(Cl)cc2)[C@]2(S1)S/C(=C/c1ccccc1)C(=O)N2c1ccccc1)c1cccs1. The van der Waals surface area contributed by atoms with Gasteiger partial charge in [0.2, 0.25) is 10.1 Å². The Morgan fingerprint density at radius 2 is 1.54 bits per heavy atom. The maximum Gasteiger partial charge on any atom is 0.268 e. The molecule has 4 aromatic rings. The number of Topliss-reactive ketones (excluding diaryl/α,β-unsaturated/α-hetero) is 1. The number of amides is 1. The first kappa shape index (κ1) is 24.1. The molecule has 9 heteroatoms. The van der Waals surface area contributed by atoms with E-state index in [1.807, 2.05) is 90.3 Å². The average Bonchev–Trinajstić information content (AvgIpc) is 3.65. The Bertz CT molecular complexity index is 1520. The van der Waals surface area contributed by atoms with Crippen LogP contribution in [-0.4, -0.2) is 21.1 Å². The molecule has 3 aromatic carbocycles. The van der Waals surface area contributed by atoms with Gasteiger partial charge in [-0.15, -0.1) is 11.3 Å². The molecule has 2 aliphatic rings. The molecule has 1 fully saturated rings. The fourth-order valence-electron chi connectivity index (χ4n) is 4.08. The van der Waals surface area contributed by atoms with Crippen molar-refractivity contribution in [2.45, 2.75) is 4.33 Å². The molecule has 1 spiro atoms. The lowest BCUT2D eigenvalue weighted by molar-refractivity contribution is -0.114. The van der Waals surface area contributed by atoms with E-state index in [4.69, 9.17) is 16.7 Å². The minimum Gasteiger partial charge on any atom is -0.285 e. The lowest BCUT2D eigenvalue weighted by Crippen LogP contribution is -2.51. The van der Waals surface area contributed by atoms with Gasteiger partial charge in [0.1, 0.15) is 0 Å². The van der Waals surface area contributed by atoms with Crippen LogP contribution in [-0.2, 0) is 4.79 Å². The first-order valence-electron chi connectivity index (χ1n) is 11.3. The summed E-state index contributed by atoms with van der Waals surface area (Å²) in [4.78, 5) is 30.4. The Labute approximate surface area is 231 Å². The number of carbonyl (C=O) groups excluding carboxylic acids is 2. The van der Waals surface area contributed by atoms with E-state index in [1.165, 1.54) is 34.9 Å². The number of carbonyl (C=O) groups is 2. The van der Waals surface area contributed by atoms with E-state index in [1.54, 1.807) is 28.1 Å². The number of ketones is 1. The smallest absolute Gasteiger partial charge is 0.268 e. The van der Waals surface area contributed by atoms with Crippen molar-refractivity contribution in [1.82, 2.24) is 0 Å². The highest BCUT2D eigenvalue weighted by Crippen LogP contribution is 2.59. The van der Waals surface area contributed by atoms with Crippen molar-refractivity contribution in [3.63, 3.8) is 0 Å². The van der Waals surface area contributed by atoms with Gasteiger partial charge in [-0.3, -0.25) is 14.5 Å². The number of thioether (sulfide) groups is 2. The van der Waals surface area contributed by atoms with Crippen LogP contribution in [0.4, 0.5) is 11.4 Å². The van der Waals surface area contributed by atoms with Gasteiger partial charge in [0, 0.05) is 10.7 Å². The van der Waals surface area contributed by atoms with E-state index < -0.39 is 4.33 Å². The molecule has 37 heavy (non-hydrogen) atoms. The summed E-state index contributed by atoms with van der Waals surface area (Å²) in [6, 6.07) is 30.1. The summed E-state index contributed by atoms with van der Waals surface area (Å²) in [5.41, 5.74) is 2.34. The van der Waals surface area contributed by atoms with Gasteiger partial charge in [0.25, 0.3) is 5.91 Å². The molecule has 1 amide bonds. The molecule has 5 nitrogen and oxygen atoms in total. The summed E-state index contributed by atoms with van der Waals surface area (Å²) in [7, 11) is 0. The summed E-state index contributed by atoms with van der Waals surface area (Å²) >= 11 is 10.2. The zero-order valence-corrected chi connectivity index (χ0v) is 22.4. The Morgan fingerprint density at radius 3 is 2.22 bits per heavy atom. The van der Waals surface area contributed by atoms with Gasteiger partial charge in [-0.25, -0.2) is 5.01 Å². The summed E-state index contributed by atoms with van der Waals surface area (Å²) in [6.45, 7) is 0. The molecule has 0 saturated carbocycles. The van der Waals surface area contributed by atoms with Crippen molar-refractivity contribution in [1.29, 1.82) is 0 Å². The third kappa shape index (κ3) is 4.40. The van der Waals surface area contributed by atoms with Gasteiger partial charge in [-0.05, 0) is 71.2 Å². The van der Waals surface area contributed by atoms with Crippen LogP contribution in [0, 0.1) is 0 Å². The van der Waals surface area contributed by atoms with Gasteiger partial charge in [0.15, 0.2) is 5.04 Å². The quantitative estimate of drug-likeness (QED) is 0.186. The summed E-state index contributed by atoms with van der Waals surface area (Å²) in [5.74, 6) is -0.330.